The first-order valence-corrected chi connectivity index (χ1v) is 9.49. The highest BCUT2D eigenvalue weighted by molar-refractivity contribution is 6.07. The molecule has 0 N–H and O–H groups in total. The standard InChI is InChI=1S/C25H21NO3/c1-29-25(28)22-17-21(18-11-5-2-6-12-18)23(24(27)19-13-7-3-8-14-19)26(22)20-15-9-4-10-16-20/h2-17,21,23H,1H3/t21-,23+/m1/s1. The summed E-state index contributed by atoms with van der Waals surface area (Å²) in [6, 6.07) is 27.9. The molecule has 2 atom stereocenters. The Kier molecular flexibility index (Phi) is 5.25. The lowest BCUT2D eigenvalue weighted by Gasteiger charge is -2.31. The van der Waals surface area contributed by atoms with E-state index in [1.807, 2.05) is 97.1 Å². The van der Waals surface area contributed by atoms with E-state index in [1.54, 1.807) is 4.90 Å². The number of carbonyl (C=O) groups excluding carboxylic acids is 2. The van der Waals surface area contributed by atoms with Crippen LogP contribution in [0, 0.1) is 0 Å². The van der Waals surface area contributed by atoms with E-state index in [-0.39, 0.29) is 11.7 Å². The zero-order chi connectivity index (χ0) is 20.2. The second-order valence-electron chi connectivity index (χ2n) is 6.86. The van der Waals surface area contributed by atoms with E-state index in [2.05, 4.69) is 0 Å². The minimum atomic E-state index is -0.587. The lowest BCUT2D eigenvalue weighted by Crippen LogP contribution is -2.41. The average Bonchev–Trinajstić information content (AvgIpc) is 3.20. The van der Waals surface area contributed by atoms with Gasteiger partial charge in [0, 0.05) is 17.2 Å². The molecule has 0 bridgehead atoms. The minimum absolute atomic E-state index is 0.0431. The highest BCUT2D eigenvalue weighted by atomic mass is 16.5. The monoisotopic (exact) mass is 383 g/mol. The van der Waals surface area contributed by atoms with Crippen LogP contribution in [0.5, 0.6) is 0 Å². The van der Waals surface area contributed by atoms with E-state index in [4.69, 9.17) is 4.74 Å². The van der Waals surface area contributed by atoms with Crippen molar-refractivity contribution < 1.29 is 14.3 Å². The largest absolute Gasteiger partial charge is 0.464 e. The highest BCUT2D eigenvalue weighted by Gasteiger charge is 2.43. The van der Waals surface area contributed by atoms with Gasteiger partial charge in [0.25, 0.3) is 0 Å². The molecule has 0 radical (unpaired) electrons. The Balaban J connectivity index is 1.88. The van der Waals surface area contributed by atoms with Gasteiger partial charge < -0.3 is 9.64 Å². The van der Waals surface area contributed by atoms with Gasteiger partial charge in [-0.2, -0.15) is 0 Å². The Hall–Kier alpha value is -3.66. The van der Waals surface area contributed by atoms with E-state index >= 15 is 0 Å². The van der Waals surface area contributed by atoms with Crippen LogP contribution in [0.3, 0.4) is 0 Å². The highest BCUT2D eigenvalue weighted by Crippen LogP contribution is 2.40. The van der Waals surface area contributed by atoms with Crippen molar-refractivity contribution in [1.29, 1.82) is 0 Å². The predicted octanol–water partition coefficient (Wildman–Crippen LogP) is 4.60. The zero-order valence-electron chi connectivity index (χ0n) is 16.1. The molecule has 0 spiro atoms. The third-order valence-electron chi connectivity index (χ3n) is 5.16. The SMILES string of the molecule is COC(=O)C1=C[C@H](c2ccccc2)[C@@H](C(=O)c2ccccc2)N1c1ccccc1. The van der Waals surface area contributed by atoms with Gasteiger partial charge in [0.15, 0.2) is 5.78 Å². The molecule has 1 heterocycles. The van der Waals surface area contributed by atoms with Crippen molar-refractivity contribution in [3.8, 4) is 0 Å². The number of Topliss-reactive ketones (excluding diaryl/α,β-unsaturated/α-hetero) is 1. The summed E-state index contributed by atoms with van der Waals surface area (Å²) in [7, 11) is 1.36. The summed E-state index contributed by atoms with van der Waals surface area (Å²) in [5, 5.41) is 0. The second-order valence-corrected chi connectivity index (χ2v) is 6.86. The van der Waals surface area contributed by atoms with Gasteiger partial charge in [-0.1, -0.05) is 78.9 Å². The average molecular weight is 383 g/mol. The summed E-state index contributed by atoms with van der Waals surface area (Å²) in [4.78, 5) is 28.1. The number of hydrogen-bond donors (Lipinski definition) is 0. The van der Waals surface area contributed by atoms with Crippen LogP contribution in [0.4, 0.5) is 5.69 Å². The van der Waals surface area contributed by atoms with E-state index in [0.717, 1.165) is 11.3 Å². The molecule has 1 aliphatic rings. The zero-order valence-corrected chi connectivity index (χ0v) is 16.1. The molecule has 4 rings (SSSR count). The third-order valence-corrected chi connectivity index (χ3v) is 5.16. The second kappa shape index (κ2) is 8.15. The number of esters is 1. The van der Waals surface area contributed by atoms with Crippen molar-refractivity contribution >= 4 is 17.4 Å². The molecule has 4 heteroatoms. The van der Waals surface area contributed by atoms with Crippen LogP contribution in [0.15, 0.2) is 103 Å². The number of rotatable bonds is 5. The maximum atomic E-state index is 13.6. The van der Waals surface area contributed by atoms with E-state index < -0.39 is 12.0 Å². The molecule has 3 aromatic rings. The van der Waals surface area contributed by atoms with E-state index in [0.29, 0.717) is 11.3 Å². The van der Waals surface area contributed by atoms with Gasteiger partial charge in [-0.15, -0.1) is 0 Å². The van der Waals surface area contributed by atoms with E-state index in [9.17, 15) is 9.59 Å². The van der Waals surface area contributed by atoms with Crippen molar-refractivity contribution in [3.63, 3.8) is 0 Å². The Morgan fingerprint density at radius 1 is 0.793 bits per heavy atom. The smallest absolute Gasteiger partial charge is 0.354 e. The fourth-order valence-corrected chi connectivity index (χ4v) is 3.82. The molecule has 0 saturated heterocycles. The normalized spacial score (nSPS) is 18.2. The van der Waals surface area contributed by atoms with Crippen LogP contribution >= 0.6 is 0 Å². The lowest BCUT2D eigenvalue weighted by molar-refractivity contribution is -0.136. The molecule has 0 unspecified atom stereocenters. The van der Waals surface area contributed by atoms with Crippen LogP contribution in [-0.4, -0.2) is 24.9 Å². The number of methoxy groups -OCH3 is 1. The van der Waals surface area contributed by atoms with Gasteiger partial charge >= 0.3 is 5.97 Å². The number of para-hydroxylation sites is 1. The molecule has 3 aromatic carbocycles. The number of ketones is 1. The predicted molar refractivity (Wildman–Crippen MR) is 113 cm³/mol. The molecule has 0 aliphatic carbocycles. The first-order chi connectivity index (χ1) is 14.2. The molecule has 0 amide bonds. The topological polar surface area (TPSA) is 46.6 Å². The van der Waals surface area contributed by atoms with Crippen molar-refractivity contribution in [3.05, 3.63) is 114 Å². The molecule has 144 valence electrons. The van der Waals surface area contributed by atoms with Gasteiger partial charge in [-0.3, -0.25) is 4.79 Å². The minimum Gasteiger partial charge on any atom is -0.464 e. The maximum absolute atomic E-state index is 13.6. The van der Waals surface area contributed by atoms with Crippen molar-refractivity contribution in [2.24, 2.45) is 0 Å². The number of ether oxygens (including phenoxy) is 1. The van der Waals surface area contributed by atoms with Crippen LogP contribution in [-0.2, 0) is 9.53 Å². The lowest BCUT2D eigenvalue weighted by atomic mass is 9.88. The first-order valence-electron chi connectivity index (χ1n) is 9.49. The van der Waals surface area contributed by atoms with Crippen LogP contribution < -0.4 is 4.90 Å². The van der Waals surface area contributed by atoms with Crippen LogP contribution in [0.25, 0.3) is 0 Å². The maximum Gasteiger partial charge on any atom is 0.354 e. The fraction of sp³-hybridized carbons (Fsp3) is 0.120. The van der Waals surface area contributed by atoms with Crippen LogP contribution in [0.1, 0.15) is 21.8 Å². The van der Waals surface area contributed by atoms with Gasteiger partial charge in [0.1, 0.15) is 11.7 Å². The molecule has 29 heavy (non-hydrogen) atoms. The van der Waals surface area contributed by atoms with Crippen molar-refractivity contribution in [2.75, 3.05) is 12.0 Å². The molecule has 0 saturated carbocycles. The molecular weight excluding hydrogens is 362 g/mol. The van der Waals surface area contributed by atoms with Crippen molar-refractivity contribution in [2.45, 2.75) is 12.0 Å². The Morgan fingerprint density at radius 2 is 1.34 bits per heavy atom. The van der Waals surface area contributed by atoms with E-state index in [1.165, 1.54) is 7.11 Å². The Morgan fingerprint density at radius 3 is 1.93 bits per heavy atom. The summed E-state index contributed by atoms with van der Waals surface area (Å²) in [6.45, 7) is 0. The number of benzene rings is 3. The Bertz CT molecular complexity index is 1030. The summed E-state index contributed by atoms with van der Waals surface area (Å²) in [5.41, 5.74) is 2.74. The number of carbonyl (C=O) groups is 2. The number of nitrogens with zero attached hydrogens (tertiary/aromatic N) is 1. The molecule has 4 nitrogen and oxygen atoms in total. The quantitative estimate of drug-likeness (QED) is 0.477. The van der Waals surface area contributed by atoms with Crippen molar-refractivity contribution in [1.82, 2.24) is 0 Å². The molecule has 0 aromatic heterocycles. The molecule has 1 aliphatic heterocycles. The van der Waals surface area contributed by atoms with Crippen LogP contribution in [0.2, 0.25) is 0 Å². The summed E-state index contributed by atoms with van der Waals surface area (Å²) < 4.78 is 5.04. The van der Waals surface area contributed by atoms with Gasteiger partial charge in [-0.25, -0.2) is 4.79 Å². The van der Waals surface area contributed by atoms with Gasteiger partial charge in [0.05, 0.1) is 7.11 Å². The number of anilines is 1. The molecular formula is C25H21NO3. The fourth-order valence-electron chi connectivity index (χ4n) is 3.82. The third kappa shape index (κ3) is 3.57. The Labute approximate surface area is 170 Å². The summed E-state index contributed by atoms with van der Waals surface area (Å²) >= 11 is 0. The van der Waals surface area contributed by atoms with Gasteiger partial charge in [0.2, 0.25) is 0 Å². The molecule has 0 fully saturated rings. The van der Waals surface area contributed by atoms with Gasteiger partial charge in [-0.05, 0) is 23.8 Å². The summed E-state index contributed by atoms with van der Waals surface area (Å²) in [5.74, 6) is -0.783. The first kappa shape index (κ1) is 18.7. The summed E-state index contributed by atoms with van der Waals surface area (Å²) in [6.07, 6.45) is 1.85. The number of hydrogen-bond acceptors (Lipinski definition) is 4.